The molecule has 132 valence electrons. The maximum Gasteiger partial charge on any atom is 0.347 e. The average molecular weight is 368 g/mol. The second-order valence-electron chi connectivity index (χ2n) is 5.80. The number of aromatic nitrogens is 2. The summed E-state index contributed by atoms with van der Waals surface area (Å²) in [5.74, 6) is -1.09. The summed E-state index contributed by atoms with van der Waals surface area (Å²) in [6.07, 6.45) is 1.76. The summed E-state index contributed by atoms with van der Waals surface area (Å²) in [6, 6.07) is 7.79. The highest BCUT2D eigenvalue weighted by molar-refractivity contribution is 7.17. The minimum absolute atomic E-state index is 0.0994. The summed E-state index contributed by atoms with van der Waals surface area (Å²) in [6.45, 7) is 4.15. The van der Waals surface area contributed by atoms with Gasteiger partial charge in [-0.3, -0.25) is 4.79 Å². The minimum atomic E-state index is -0.992. The molecule has 0 saturated carbocycles. The summed E-state index contributed by atoms with van der Waals surface area (Å²) >= 11 is 1.12. The van der Waals surface area contributed by atoms with Crippen LogP contribution in [0.5, 0.6) is 0 Å². The summed E-state index contributed by atoms with van der Waals surface area (Å²) in [5.41, 5.74) is 2.65. The smallest absolute Gasteiger partial charge is 0.347 e. The Kier molecular flexibility index (Phi) is 4.73. The molecule has 0 fully saturated rings. The summed E-state index contributed by atoms with van der Waals surface area (Å²) in [5, 5.41) is 22.7. The second kappa shape index (κ2) is 6.98. The summed E-state index contributed by atoms with van der Waals surface area (Å²) in [4.78, 5) is 26.8. The molecule has 0 saturated heterocycles. The second-order valence-corrected chi connectivity index (χ2v) is 6.80. The van der Waals surface area contributed by atoms with Gasteiger partial charge in [0.2, 0.25) is 5.91 Å². The lowest BCUT2D eigenvalue weighted by atomic mass is 10.1. The van der Waals surface area contributed by atoms with Crippen LogP contribution in [0.15, 0.2) is 24.4 Å². The Hall–Kier alpha value is -3.18. The Morgan fingerprint density at radius 3 is 2.81 bits per heavy atom. The number of carbonyl (C=O) groups is 2. The predicted molar refractivity (Wildman–Crippen MR) is 98.1 cm³/mol. The highest BCUT2D eigenvalue weighted by Crippen LogP contribution is 2.31. The number of carboxylic acids is 1. The van der Waals surface area contributed by atoms with Gasteiger partial charge >= 0.3 is 5.97 Å². The molecule has 7 nitrogen and oxygen atoms in total. The number of amides is 1. The van der Waals surface area contributed by atoms with Crippen LogP contribution >= 0.6 is 11.3 Å². The molecule has 0 aliphatic carbocycles. The lowest BCUT2D eigenvalue weighted by Crippen LogP contribution is -2.24. The molecule has 0 spiro atoms. The van der Waals surface area contributed by atoms with Crippen LogP contribution in [0.2, 0.25) is 0 Å². The number of hydrogen-bond acceptors (Lipinski definition) is 5. The number of rotatable bonds is 5. The molecule has 1 amide bonds. The lowest BCUT2D eigenvalue weighted by Gasteiger charge is -2.06. The van der Waals surface area contributed by atoms with Crippen LogP contribution in [-0.4, -0.2) is 33.1 Å². The lowest BCUT2D eigenvalue weighted by molar-refractivity contribution is -0.118. The monoisotopic (exact) mass is 368 g/mol. The number of aryl methyl sites for hydroxylation is 1. The Morgan fingerprint density at radius 1 is 1.42 bits per heavy atom. The normalized spacial score (nSPS) is 10.7. The van der Waals surface area contributed by atoms with Gasteiger partial charge in [-0.1, -0.05) is 0 Å². The van der Waals surface area contributed by atoms with Gasteiger partial charge in [0.25, 0.3) is 0 Å². The molecule has 0 radical (unpaired) electrons. The van der Waals surface area contributed by atoms with E-state index in [1.807, 2.05) is 22.8 Å². The van der Waals surface area contributed by atoms with Crippen LogP contribution in [0.4, 0.5) is 0 Å². The zero-order valence-corrected chi connectivity index (χ0v) is 15.1. The first-order chi connectivity index (χ1) is 12.4. The van der Waals surface area contributed by atoms with Crippen molar-refractivity contribution < 1.29 is 14.7 Å². The van der Waals surface area contributed by atoms with Crippen molar-refractivity contribution in [1.82, 2.24) is 14.9 Å². The van der Waals surface area contributed by atoms with E-state index in [1.165, 1.54) is 6.92 Å². The Labute approximate surface area is 153 Å². The van der Waals surface area contributed by atoms with E-state index in [1.54, 1.807) is 13.1 Å². The van der Waals surface area contributed by atoms with Crippen molar-refractivity contribution in [3.05, 3.63) is 40.5 Å². The average Bonchev–Trinajstić information content (AvgIpc) is 3.15. The van der Waals surface area contributed by atoms with Crippen molar-refractivity contribution in [3.8, 4) is 16.6 Å². The fourth-order valence-electron chi connectivity index (χ4n) is 2.77. The van der Waals surface area contributed by atoms with Gasteiger partial charge in [0.1, 0.15) is 16.0 Å². The van der Waals surface area contributed by atoms with E-state index in [0.29, 0.717) is 29.4 Å². The number of fused-ring (bicyclic) bond motifs is 1. The first-order valence-corrected chi connectivity index (χ1v) is 8.71. The van der Waals surface area contributed by atoms with E-state index in [0.717, 1.165) is 27.8 Å². The molecule has 26 heavy (non-hydrogen) atoms. The minimum Gasteiger partial charge on any atom is -0.477 e. The molecule has 3 aromatic rings. The molecule has 2 heterocycles. The molecular formula is C18H16N4O3S. The summed E-state index contributed by atoms with van der Waals surface area (Å²) in [7, 11) is 0. The van der Waals surface area contributed by atoms with E-state index < -0.39 is 5.97 Å². The SMILES string of the molecule is CC(=O)NCCn1cc(C#N)c2cc(-c3nc(C)c(C(=O)O)s3)ccc21. The molecule has 0 aliphatic heterocycles. The standard InChI is InChI=1S/C18H16N4O3S/c1-10-16(18(24)25)26-17(21-10)12-3-4-15-14(7-12)13(8-19)9-22(15)6-5-20-11(2)23/h3-4,7,9H,5-6H2,1-2H3,(H,20,23)(H,24,25). The number of nitriles is 1. The number of carbonyl (C=O) groups excluding carboxylic acids is 1. The topological polar surface area (TPSA) is 108 Å². The Bertz CT molecular complexity index is 1060. The molecule has 2 N–H and O–H groups in total. The molecular weight excluding hydrogens is 352 g/mol. The number of benzene rings is 1. The first-order valence-electron chi connectivity index (χ1n) is 7.89. The molecule has 2 aromatic heterocycles. The summed E-state index contributed by atoms with van der Waals surface area (Å²) < 4.78 is 1.92. The van der Waals surface area contributed by atoms with E-state index in [4.69, 9.17) is 0 Å². The third-order valence-corrected chi connectivity index (χ3v) is 5.16. The van der Waals surface area contributed by atoms with Crippen molar-refractivity contribution in [1.29, 1.82) is 5.26 Å². The van der Waals surface area contributed by atoms with E-state index in [2.05, 4.69) is 16.4 Å². The van der Waals surface area contributed by atoms with Crippen LogP contribution in [0.25, 0.3) is 21.5 Å². The van der Waals surface area contributed by atoms with Crippen molar-refractivity contribution in [3.63, 3.8) is 0 Å². The third-order valence-electron chi connectivity index (χ3n) is 3.97. The van der Waals surface area contributed by atoms with Gasteiger partial charge in [-0.2, -0.15) is 5.26 Å². The van der Waals surface area contributed by atoms with Crippen molar-refractivity contribution in [2.24, 2.45) is 0 Å². The molecule has 1 aromatic carbocycles. The number of thiazole rings is 1. The maximum absolute atomic E-state index is 11.2. The van der Waals surface area contributed by atoms with Crippen LogP contribution in [0.1, 0.15) is 27.9 Å². The Morgan fingerprint density at radius 2 is 2.19 bits per heavy atom. The molecule has 0 bridgehead atoms. The van der Waals surface area contributed by atoms with Gasteiger partial charge < -0.3 is 15.0 Å². The van der Waals surface area contributed by atoms with Crippen molar-refractivity contribution in [2.45, 2.75) is 20.4 Å². The number of nitrogens with zero attached hydrogens (tertiary/aromatic N) is 3. The van der Waals surface area contributed by atoms with Gasteiger partial charge in [-0.15, -0.1) is 11.3 Å². The molecule has 0 aliphatic rings. The van der Waals surface area contributed by atoms with Crippen LogP contribution in [-0.2, 0) is 11.3 Å². The molecule has 3 rings (SSSR count). The van der Waals surface area contributed by atoms with E-state index in [-0.39, 0.29) is 10.8 Å². The number of carboxylic acid groups (broad SMARTS) is 1. The number of aromatic carboxylic acids is 1. The predicted octanol–water partition coefficient (Wildman–Crippen LogP) is 2.78. The third kappa shape index (κ3) is 3.30. The highest BCUT2D eigenvalue weighted by atomic mass is 32.1. The van der Waals surface area contributed by atoms with Crippen LogP contribution < -0.4 is 5.32 Å². The van der Waals surface area contributed by atoms with E-state index >= 15 is 0 Å². The van der Waals surface area contributed by atoms with Crippen LogP contribution in [0.3, 0.4) is 0 Å². The Balaban J connectivity index is 2.01. The molecule has 0 unspecified atom stereocenters. The quantitative estimate of drug-likeness (QED) is 0.720. The van der Waals surface area contributed by atoms with Gasteiger partial charge in [-0.05, 0) is 25.1 Å². The molecule has 0 atom stereocenters. The van der Waals surface area contributed by atoms with Gasteiger partial charge in [0.05, 0.1) is 11.3 Å². The van der Waals surface area contributed by atoms with Crippen LogP contribution in [0, 0.1) is 18.3 Å². The van der Waals surface area contributed by atoms with Gasteiger partial charge in [0.15, 0.2) is 0 Å². The van der Waals surface area contributed by atoms with Gasteiger partial charge in [0, 0.05) is 42.7 Å². The van der Waals surface area contributed by atoms with Crippen molar-refractivity contribution >= 4 is 34.1 Å². The number of nitrogens with one attached hydrogen (secondary N) is 1. The fraction of sp³-hybridized carbons (Fsp3) is 0.222. The number of hydrogen-bond donors (Lipinski definition) is 2. The van der Waals surface area contributed by atoms with Crippen molar-refractivity contribution in [2.75, 3.05) is 6.54 Å². The maximum atomic E-state index is 11.2. The van der Waals surface area contributed by atoms with Gasteiger partial charge in [-0.25, -0.2) is 9.78 Å². The zero-order valence-electron chi connectivity index (χ0n) is 14.2. The first kappa shape index (κ1) is 17.6. The largest absolute Gasteiger partial charge is 0.477 e. The van der Waals surface area contributed by atoms with E-state index in [9.17, 15) is 20.0 Å². The highest BCUT2D eigenvalue weighted by Gasteiger charge is 2.16. The fourth-order valence-corrected chi connectivity index (χ4v) is 3.68. The zero-order chi connectivity index (χ0) is 18.8. The molecule has 8 heteroatoms.